The number of alkyl halides is 3. The lowest BCUT2D eigenvalue weighted by Crippen LogP contribution is -2.55. The van der Waals surface area contributed by atoms with Crippen molar-refractivity contribution in [2.24, 2.45) is 5.92 Å². The monoisotopic (exact) mass is 440 g/mol. The van der Waals surface area contributed by atoms with Crippen LogP contribution < -0.4 is 10.6 Å². The molecule has 0 fully saturated rings. The highest BCUT2D eigenvalue weighted by Gasteiger charge is 2.39. The lowest BCUT2D eigenvalue weighted by molar-refractivity contribution is -0.141. The van der Waals surface area contributed by atoms with E-state index in [9.17, 15) is 18.0 Å². The number of halogens is 4. The van der Waals surface area contributed by atoms with Gasteiger partial charge in [0.25, 0.3) is 0 Å². The number of carbonyl (C=O) groups is 1. The molecule has 0 aliphatic rings. The van der Waals surface area contributed by atoms with Gasteiger partial charge < -0.3 is 15.6 Å². The second kappa shape index (κ2) is 8.10. The summed E-state index contributed by atoms with van der Waals surface area (Å²) in [5.74, 6) is -0.474. The van der Waals surface area contributed by atoms with Gasteiger partial charge in [0.05, 0.1) is 5.02 Å². The Kier molecular flexibility index (Phi) is 5.89. The Labute approximate surface area is 175 Å². The number of carbonyl (C=O) groups excluding carboxylic acids is 1. The van der Waals surface area contributed by atoms with Crippen molar-refractivity contribution in [3.63, 3.8) is 0 Å². The Hall–Kier alpha value is -2.88. The summed E-state index contributed by atoms with van der Waals surface area (Å²) in [5, 5.41) is 6.08. The molecule has 3 aromatic rings. The van der Waals surface area contributed by atoms with Gasteiger partial charge in [0.1, 0.15) is 23.5 Å². The number of fused-ring (bicyclic) bond motifs is 1. The number of H-pyrrole nitrogens is 1. The number of nitrogens with one attached hydrogen (secondary N) is 3. The number of amides is 1. The summed E-state index contributed by atoms with van der Waals surface area (Å²) in [7, 11) is 0. The molecule has 1 amide bonds. The van der Waals surface area contributed by atoms with Crippen molar-refractivity contribution in [2.75, 3.05) is 11.9 Å². The molecule has 3 aromatic heterocycles. The number of hydrogen-bond acceptors (Lipinski definition) is 5. The fourth-order valence-corrected chi connectivity index (χ4v) is 2.97. The first-order valence-corrected chi connectivity index (χ1v) is 9.46. The van der Waals surface area contributed by atoms with E-state index in [0.717, 1.165) is 0 Å². The van der Waals surface area contributed by atoms with Gasteiger partial charge in [0.2, 0.25) is 5.91 Å². The predicted molar refractivity (Wildman–Crippen MR) is 108 cm³/mol. The first kappa shape index (κ1) is 21.8. The Morgan fingerprint density at radius 3 is 2.70 bits per heavy atom. The van der Waals surface area contributed by atoms with E-state index in [4.69, 9.17) is 11.6 Å². The molecule has 160 valence electrons. The number of hydrogen-bond donors (Lipinski definition) is 3. The minimum absolute atomic E-state index is 0.294. The fourth-order valence-electron chi connectivity index (χ4n) is 2.81. The molecule has 7 nitrogen and oxygen atoms in total. The van der Waals surface area contributed by atoms with Crippen LogP contribution in [0.5, 0.6) is 0 Å². The van der Waals surface area contributed by atoms with Crippen LogP contribution in [0.4, 0.5) is 19.0 Å². The third kappa shape index (κ3) is 4.64. The molecule has 30 heavy (non-hydrogen) atoms. The zero-order valence-corrected chi connectivity index (χ0v) is 17.2. The maximum Gasteiger partial charge on any atom is 0.405 e. The highest BCUT2D eigenvalue weighted by atomic mass is 35.5. The lowest BCUT2D eigenvalue weighted by Gasteiger charge is -2.34. The fraction of sp³-hybridized carbons (Fsp3) is 0.368. The molecule has 3 rings (SSSR count). The molecule has 0 unspecified atom stereocenters. The molecule has 0 bridgehead atoms. The number of pyridine rings is 1. The van der Waals surface area contributed by atoms with Crippen molar-refractivity contribution < 1.29 is 18.0 Å². The molecule has 11 heteroatoms. The molecule has 0 saturated carbocycles. The summed E-state index contributed by atoms with van der Waals surface area (Å²) >= 11 is 6.03. The number of nitrogens with zero attached hydrogens (tertiary/aromatic N) is 3. The molecule has 1 atom stereocenters. The lowest BCUT2D eigenvalue weighted by atomic mass is 9.87. The van der Waals surface area contributed by atoms with Crippen molar-refractivity contribution in [1.82, 2.24) is 25.3 Å². The summed E-state index contributed by atoms with van der Waals surface area (Å²) in [4.78, 5) is 28.4. The number of aromatic nitrogens is 4. The van der Waals surface area contributed by atoms with E-state index in [0.29, 0.717) is 33.3 Å². The average molecular weight is 441 g/mol. The highest BCUT2D eigenvalue weighted by molar-refractivity contribution is 6.31. The topological polar surface area (TPSA) is 95.6 Å². The maximum absolute atomic E-state index is 12.5. The Balaban J connectivity index is 1.90. The molecule has 0 aliphatic heterocycles. The van der Waals surface area contributed by atoms with E-state index >= 15 is 0 Å². The van der Waals surface area contributed by atoms with Crippen LogP contribution in [-0.4, -0.2) is 44.1 Å². The van der Waals surface area contributed by atoms with Crippen molar-refractivity contribution in [2.45, 2.75) is 32.5 Å². The molecular formula is C19H20ClF3N6O. The van der Waals surface area contributed by atoms with E-state index in [1.807, 2.05) is 5.32 Å². The molecule has 0 spiro atoms. The van der Waals surface area contributed by atoms with E-state index in [1.54, 1.807) is 32.2 Å². The van der Waals surface area contributed by atoms with E-state index < -0.39 is 24.2 Å². The molecule has 0 aliphatic carbocycles. The van der Waals surface area contributed by atoms with Crippen molar-refractivity contribution in [3.8, 4) is 11.4 Å². The summed E-state index contributed by atoms with van der Waals surface area (Å²) in [6, 6.07) is 3.27. The molecule has 0 saturated heterocycles. The minimum Gasteiger partial charge on any atom is -0.356 e. The average Bonchev–Trinajstić information content (AvgIpc) is 3.08. The summed E-state index contributed by atoms with van der Waals surface area (Å²) in [5.41, 5.74) is -0.0755. The van der Waals surface area contributed by atoms with Crippen LogP contribution in [0.1, 0.15) is 20.8 Å². The normalized spacial score (nSPS) is 14.0. The predicted octanol–water partition coefficient (Wildman–Crippen LogP) is 4.18. The number of anilines is 1. The maximum atomic E-state index is 12.5. The summed E-state index contributed by atoms with van der Waals surface area (Å²) in [6.45, 7) is 3.58. The van der Waals surface area contributed by atoms with Crippen molar-refractivity contribution in [1.29, 1.82) is 0 Å². The SMILES string of the molecule is CC(C)[C@@](C)(Nc1ccnc(-c2c[nH]c3ncc(Cl)cc23)n1)C(=O)NCC(F)(F)F. The van der Waals surface area contributed by atoms with Gasteiger partial charge in [-0.05, 0) is 25.0 Å². The Morgan fingerprint density at radius 2 is 2.03 bits per heavy atom. The van der Waals surface area contributed by atoms with Gasteiger partial charge in [-0.3, -0.25) is 4.79 Å². The summed E-state index contributed by atoms with van der Waals surface area (Å²) in [6.07, 6.45) is 0.192. The van der Waals surface area contributed by atoms with E-state index in [1.165, 1.54) is 19.3 Å². The van der Waals surface area contributed by atoms with Gasteiger partial charge in [-0.25, -0.2) is 15.0 Å². The van der Waals surface area contributed by atoms with Gasteiger partial charge in [-0.2, -0.15) is 13.2 Å². The second-order valence-electron chi connectivity index (χ2n) is 7.30. The Morgan fingerprint density at radius 1 is 1.30 bits per heavy atom. The third-order valence-electron chi connectivity index (χ3n) is 4.86. The first-order valence-electron chi connectivity index (χ1n) is 9.09. The quantitative estimate of drug-likeness (QED) is 0.534. The zero-order valence-electron chi connectivity index (χ0n) is 16.4. The van der Waals surface area contributed by atoms with Crippen LogP contribution in [0, 0.1) is 5.92 Å². The minimum atomic E-state index is -4.50. The number of aromatic amines is 1. The smallest absolute Gasteiger partial charge is 0.356 e. The Bertz CT molecular complexity index is 1070. The van der Waals surface area contributed by atoms with Gasteiger partial charge >= 0.3 is 6.18 Å². The van der Waals surface area contributed by atoms with Crippen LogP contribution in [-0.2, 0) is 4.79 Å². The van der Waals surface area contributed by atoms with Gasteiger partial charge in [0, 0.05) is 29.5 Å². The summed E-state index contributed by atoms with van der Waals surface area (Å²) < 4.78 is 37.6. The second-order valence-corrected chi connectivity index (χ2v) is 7.73. The highest BCUT2D eigenvalue weighted by Crippen LogP contribution is 2.29. The van der Waals surface area contributed by atoms with Crippen LogP contribution in [0.2, 0.25) is 5.02 Å². The largest absolute Gasteiger partial charge is 0.405 e. The van der Waals surface area contributed by atoms with E-state index in [2.05, 4.69) is 25.3 Å². The third-order valence-corrected chi connectivity index (χ3v) is 5.06. The molecule has 3 heterocycles. The van der Waals surface area contributed by atoms with Crippen LogP contribution in [0.3, 0.4) is 0 Å². The molecular weight excluding hydrogens is 421 g/mol. The zero-order chi connectivity index (χ0) is 22.1. The molecule has 3 N–H and O–H groups in total. The first-order chi connectivity index (χ1) is 14.0. The van der Waals surface area contributed by atoms with Crippen LogP contribution >= 0.6 is 11.6 Å². The molecule has 0 radical (unpaired) electrons. The van der Waals surface area contributed by atoms with Gasteiger partial charge in [-0.15, -0.1) is 0 Å². The van der Waals surface area contributed by atoms with Gasteiger partial charge in [0.15, 0.2) is 5.82 Å². The van der Waals surface area contributed by atoms with E-state index in [-0.39, 0.29) is 5.92 Å². The number of rotatable bonds is 6. The van der Waals surface area contributed by atoms with Crippen LogP contribution in [0.15, 0.2) is 30.7 Å². The van der Waals surface area contributed by atoms with Gasteiger partial charge in [-0.1, -0.05) is 25.4 Å². The molecule has 0 aromatic carbocycles. The van der Waals surface area contributed by atoms with Crippen molar-refractivity contribution in [3.05, 3.63) is 35.7 Å². The van der Waals surface area contributed by atoms with Crippen molar-refractivity contribution >= 4 is 34.4 Å². The van der Waals surface area contributed by atoms with Crippen LogP contribution in [0.25, 0.3) is 22.4 Å². The standard InChI is InChI=1S/C19H20ClF3N6O/c1-10(2)18(3,17(30)27-9-19(21,22)23)29-14-4-5-24-16(28-14)13-8-26-15-12(13)6-11(20)7-25-15/h4-8,10H,9H2,1-3H3,(H,25,26)(H,27,30)(H,24,28,29)/t18-/m1/s1.